The number of aryl methyl sites for hydroxylation is 2. The number of likely N-dealkylation sites (N-methyl/N-ethyl adjacent to an activating group) is 1. The van der Waals surface area contributed by atoms with Gasteiger partial charge in [-0.15, -0.1) is 0 Å². The molecule has 0 aliphatic carbocycles. The Labute approximate surface area is 153 Å². The summed E-state index contributed by atoms with van der Waals surface area (Å²) < 4.78 is 0. The maximum absolute atomic E-state index is 4.33. The Balaban J connectivity index is 1.66. The molecule has 5 heteroatoms. The summed E-state index contributed by atoms with van der Waals surface area (Å²) in [4.78, 5) is 9.34. The number of rotatable bonds is 6. The monoisotopic (exact) mass is 345 g/mol. The average Bonchev–Trinajstić information content (AvgIpc) is 2.80. The van der Waals surface area contributed by atoms with Gasteiger partial charge in [0.05, 0.1) is 0 Å². The van der Waals surface area contributed by atoms with Crippen LogP contribution in [-0.2, 0) is 6.54 Å². The van der Waals surface area contributed by atoms with Gasteiger partial charge >= 0.3 is 0 Å². The standard InChI is InChI=1S/C20H35N5/c1-17-7-8-19(18(2)15-17)16-23-20(21-3)22-9-5-11-25-12-6-10-24(4)13-14-25/h7-8,15H,5-6,9-14,16H2,1-4H3,(H2,21,22,23). The highest BCUT2D eigenvalue weighted by molar-refractivity contribution is 5.79. The molecule has 0 spiro atoms. The number of aliphatic imine (C=N–C) groups is 1. The van der Waals surface area contributed by atoms with Gasteiger partial charge in [0.1, 0.15) is 0 Å². The summed E-state index contributed by atoms with van der Waals surface area (Å²) in [6.07, 6.45) is 2.43. The Kier molecular flexibility index (Phi) is 8.22. The van der Waals surface area contributed by atoms with Crippen molar-refractivity contribution in [3.8, 4) is 0 Å². The van der Waals surface area contributed by atoms with Crippen LogP contribution in [0.4, 0.5) is 0 Å². The molecule has 1 fully saturated rings. The maximum atomic E-state index is 4.33. The van der Waals surface area contributed by atoms with Crippen molar-refractivity contribution in [2.75, 3.05) is 53.4 Å². The zero-order chi connectivity index (χ0) is 18.1. The molecular weight excluding hydrogens is 310 g/mol. The number of nitrogens with one attached hydrogen (secondary N) is 2. The third kappa shape index (κ3) is 7.04. The molecule has 1 heterocycles. The molecule has 2 rings (SSSR count). The lowest BCUT2D eigenvalue weighted by Crippen LogP contribution is -2.38. The van der Waals surface area contributed by atoms with E-state index in [4.69, 9.17) is 0 Å². The van der Waals surface area contributed by atoms with Gasteiger partial charge in [0, 0.05) is 33.2 Å². The fraction of sp³-hybridized carbons (Fsp3) is 0.650. The Hall–Kier alpha value is -1.59. The Morgan fingerprint density at radius 3 is 2.72 bits per heavy atom. The molecule has 140 valence electrons. The zero-order valence-electron chi connectivity index (χ0n) is 16.4. The SMILES string of the molecule is CN=C(NCCCN1CCCN(C)CC1)NCc1ccc(C)cc1C. The summed E-state index contributed by atoms with van der Waals surface area (Å²) in [5.74, 6) is 0.885. The highest BCUT2D eigenvalue weighted by Crippen LogP contribution is 2.10. The number of guanidine groups is 1. The molecule has 0 atom stereocenters. The first-order valence-electron chi connectivity index (χ1n) is 9.50. The van der Waals surface area contributed by atoms with Crippen LogP contribution >= 0.6 is 0 Å². The number of hydrogen-bond acceptors (Lipinski definition) is 3. The van der Waals surface area contributed by atoms with E-state index in [9.17, 15) is 0 Å². The molecular formula is C20H35N5. The topological polar surface area (TPSA) is 42.9 Å². The summed E-state index contributed by atoms with van der Waals surface area (Å²) >= 11 is 0. The summed E-state index contributed by atoms with van der Waals surface area (Å²) in [5.41, 5.74) is 3.96. The van der Waals surface area contributed by atoms with Crippen molar-refractivity contribution < 1.29 is 0 Å². The Morgan fingerprint density at radius 1 is 1.12 bits per heavy atom. The number of hydrogen-bond donors (Lipinski definition) is 2. The van der Waals surface area contributed by atoms with Gasteiger partial charge in [-0.05, 0) is 64.5 Å². The van der Waals surface area contributed by atoms with Crippen LogP contribution < -0.4 is 10.6 Å². The number of nitrogens with zero attached hydrogens (tertiary/aromatic N) is 3. The van der Waals surface area contributed by atoms with E-state index >= 15 is 0 Å². The molecule has 1 aliphatic rings. The highest BCUT2D eigenvalue weighted by atomic mass is 15.2. The van der Waals surface area contributed by atoms with Crippen molar-refractivity contribution in [2.24, 2.45) is 4.99 Å². The lowest BCUT2D eigenvalue weighted by atomic mass is 10.1. The molecule has 0 bridgehead atoms. The largest absolute Gasteiger partial charge is 0.356 e. The molecule has 0 radical (unpaired) electrons. The second-order valence-electron chi connectivity index (χ2n) is 7.13. The number of benzene rings is 1. The Bertz CT molecular complexity index is 555. The van der Waals surface area contributed by atoms with Crippen molar-refractivity contribution in [3.63, 3.8) is 0 Å². The van der Waals surface area contributed by atoms with E-state index in [-0.39, 0.29) is 0 Å². The van der Waals surface area contributed by atoms with E-state index in [0.717, 1.165) is 32.0 Å². The molecule has 2 N–H and O–H groups in total. The van der Waals surface area contributed by atoms with Crippen LogP contribution in [0.1, 0.15) is 29.5 Å². The third-order valence-corrected chi connectivity index (χ3v) is 4.92. The highest BCUT2D eigenvalue weighted by Gasteiger charge is 2.11. The molecule has 1 aromatic rings. The van der Waals surface area contributed by atoms with Crippen LogP contribution in [-0.4, -0.2) is 69.1 Å². The lowest BCUT2D eigenvalue weighted by molar-refractivity contribution is 0.274. The van der Waals surface area contributed by atoms with Gasteiger partial charge in [0.25, 0.3) is 0 Å². The fourth-order valence-electron chi connectivity index (χ4n) is 3.28. The smallest absolute Gasteiger partial charge is 0.191 e. The van der Waals surface area contributed by atoms with E-state index in [1.165, 1.54) is 49.3 Å². The zero-order valence-corrected chi connectivity index (χ0v) is 16.4. The van der Waals surface area contributed by atoms with Gasteiger partial charge in [-0.3, -0.25) is 4.99 Å². The molecule has 5 nitrogen and oxygen atoms in total. The molecule has 1 saturated heterocycles. The van der Waals surface area contributed by atoms with E-state index in [2.05, 4.69) is 64.5 Å². The van der Waals surface area contributed by atoms with E-state index in [1.54, 1.807) is 0 Å². The first-order chi connectivity index (χ1) is 12.1. The first-order valence-corrected chi connectivity index (χ1v) is 9.50. The predicted molar refractivity (Wildman–Crippen MR) is 107 cm³/mol. The van der Waals surface area contributed by atoms with Gasteiger partial charge in [0.15, 0.2) is 5.96 Å². The fourth-order valence-corrected chi connectivity index (χ4v) is 3.28. The normalized spacial score (nSPS) is 17.4. The third-order valence-electron chi connectivity index (χ3n) is 4.92. The maximum Gasteiger partial charge on any atom is 0.191 e. The van der Waals surface area contributed by atoms with Crippen LogP contribution in [0.3, 0.4) is 0 Å². The molecule has 0 unspecified atom stereocenters. The molecule has 25 heavy (non-hydrogen) atoms. The van der Waals surface area contributed by atoms with Crippen molar-refractivity contribution >= 4 is 5.96 Å². The van der Waals surface area contributed by atoms with Crippen molar-refractivity contribution in [3.05, 3.63) is 34.9 Å². The molecule has 0 saturated carbocycles. The minimum absolute atomic E-state index is 0.810. The second-order valence-corrected chi connectivity index (χ2v) is 7.13. The van der Waals surface area contributed by atoms with Crippen LogP contribution in [0.15, 0.2) is 23.2 Å². The molecule has 1 aromatic carbocycles. The predicted octanol–water partition coefficient (Wildman–Crippen LogP) is 2.00. The van der Waals surface area contributed by atoms with Gasteiger partial charge in [-0.25, -0.2) is 0 Å². The van der Waals surface area contributed by atoms with Gasteiger partial charge < -0.3 is 20.4 Å². The van der Waals surface area contributed by atoms with Crippen LogP contribution in [0.25, 0.3) is 0 Å². The quantitative estimate of drug-likeness (QED) is 0.470. The van der Waals surface area contributed by atoms with Crippen molar-refractivity contribution in [1.82, 2.24) is 20.4 Å². The second kappa shape index (κ2) is 10.4. The van der Waals surface area contributed by atoms with Crippen molar-refractivity contribution in [1.29, 1.82) is 0 Å². The van der Waals surface area contributed by atoms with Crippen LogP contribution in [0.2, 0.25) is 0 Å². The molecule has 0 amide bonds. The summed E-state index contributed by atoms with van der Waals surface area (Å²) in [7, 11) is 4.05. The van der Waals surface area contributed by atoms with Crippen molar-refractivity contribution in [2.45, 2.75) is 33.2 Å². The Morgan fingerprint density at radius 2 is 1.96 bits per heavy atom. The van der Waals surface area contributed by atoms with E-state index in [0.29, 0.717) is 0 Å². The minimum atomic E-state index is 0.810. The lowest BCUT2D eigenvalue weighted by Gasteiger charge is -2.20. The molecule has 0 aromatic heterocycles. The van der Waals surface area contributed by atoms with E-state index in [1.807, 2.05) is 7.05 Å². The van der Waals surface area contributed by atoms with Gasteiger partial charge in [-0.1, -0.05) is 23.8 Å². The average molecular weight is 346 g/mol. The summed E-state index contributed by atoms with van der Waals surface area (Å²) in [5, 5.41) is 6.86. The summed E-state index contributed by atoms with van der Waals surface area (Å²) in [6.45, 7) is 12.1. The minimum Gasteiger partial charge on any atom is -0.356 e. The first kappa shape index (κ1) is 19.7. The van der Waals surface area contributed by atoms with Crippen LogP contribution in [0.5, 0.6) is 0 Å². The van der Waals surface area contributed by atoms with Gasteiger partial charge in [-0.2, -0.15) is 0 Å². The van der Waals surface area contributed by atoms with E-state index < -0.39 is 0 Å². The summed E-state index contributed by atoms with van der Waals surface area (Å²) in [6, 6.07) is 6.59. The van der Waals surface area contributed by atoms with Crippen LogP contribution in [0, 0.1) is 13.8 Å². The molecule has 1 aliphatic heterocycles. The van der Waals surface area contributed by atoms with Gasteiger partial charge in [0.2, 0.25) is 0 Å².